The molecule has 0 spiro atoms. The third kappa shape index (κ3) is 6.40. The van der Waals surface area contributed by atoms with Crippen LogP contribution in [0.15, 0.2) is 53.2 Å². The number of nitrogens with zero attached hydrogens (tertiary/aromatic N) is 2. The number of carbonyl (C=O) groups excluding carboxylic acids is 2. The Balaban J connectivity index is 1.82. The largest absolute Gasteiger partial charge is 0.383 e. The van der Waals surface area contributed by atoms with Crippen LogP contribution in [0.2, 0.25) is 0 Å². The number of amides is 2. The molecule has 0 radical (unpaired) electrons. The monoisotopic (exact) mass is 457 g/mol. The minimum Gasteiger partial charge on any atom is -0.383 e. The van der Waals surface area contributed by atoms with Crippen LogP contribution >= 0.6 is 22.7 Å². The predicted octanol–water partition coefficient (Wildman–Crippen LogP) is 4.35. The molecule has 0 saturated heterocycles. The number of ether oxygens (including phenoxy) is 1. The third-order valence-corrected chi connectivity index (χ3v) is 6.49. The molecule has 0 atom stereocenters. The molecule has 0 fully saturated rings. The Morgan fingerprint density at radius 1 is 1.06 bits per heavy atom. The van der Waals surface area contributed by atoms with Crippen LogP contribution in [0.4, 0.5) is 11.4 Å². The van der Waals surface area contributed by atoms with E-state index in [2.05, 4.69) is 5.32 Å². The number of thiophene rings is 2. The Labute approximate surface area is 191 Å². The highest BCUT2D eigenvalue weighted by Crippen LogP contribution is 2.26. The molecule has 1 N–H and O–H groups in total. The van der Waals surface area contributed by atoms with Crippen LogP contribution in [0.25, 0.3) is 0 Å². The Hall–Kier alpha value is -2.68. The maximum absolute atomic E-state index is 13.0. The van der Waals surface area contributed by atoms with Crippen LogP contribution < -0.4 is 10.2 Å². The second-order valence-electron chi connectivity index (χ2n) is 7.23. The highest BCUT2D eigenvalue weighted by Gasteiger charge is 2.18. The van der Waals surface area contributed by atoms with Crippen LogP contribution in [-0.2, 0) is 22.5 Å². The van der Waals surface area contributed by atoms with E-state index >= 15 is 0 Å². The van der Waals surface area contributed by atoms with Crippen LogP contribution in [0.3, 0.4) is 0 Å². The molecule has 3 aromatic rings. The van der Waals surface area contributed by atoms with Crippen molar-refractivity contribution in [1.29, 1.82) is 0 Å². The van der Waals surface area contributed by atoms with Crippen molar-refractivity contribution in [3.05, 3.63) is 68.5 Å². The Morgan fingerprint density at radius 3 is 2.48 bits per heavy atom. The van der Waals surface area contributed by atoms with E-state index < -0.39 is 0 Å². The molecule has 2 amide bonds. The summed E-state index contributed by atoms with van der Waals surface area (Å²) in [6.45, 7) is 1.39. The summed E-state index contributed by atoms with van der Waals surface area (Å²) in [7, 11) is 5.57. The van der Waals surface area contributed by atoms with E-state index in [0.717, 1.165) is 16.1 Å². The van der Waals surface area contributed by atoms with Gasteiger partial charge < -0.3 is 19.9 Å². The highest BCUT2D eigenvalue weighted by molar-refractivity contribution is 7.12. The summed E-state index contributed by atoms with van der Waals surface area (Å²) < 4.78 is 5.23. The zero-order chi connectivity index (χ0) is 22.2. The van der Waals surface area contributed by atoms with Gasteiger partial charge in [0.25, 0.3) is 5.91 Å². The molecular weight excluding hydrogens is 430 g/mol. The molecule has 0 saturated carbocycles. The second-order valence-corrected chi connectivity index (χ2v) is 9.21. The lowest BCUT2D eigenvalue weighted by Gasteiger charge is -2.26. The molecule has 2 aromatic heterocycles. The van der Waals surface area contributed by atoms with E-state index in [4.69, 9.17) is 4.74 Å². The van der Waals surface area contributed by atoms with Crippen molar-refractivity contribution >= 4 is 45.9 Å². The predicted molar refractivity (Wildman–Crippen MR) is 128 cm³/mol. The molecule has 0 aliphatic carbocycles. The van der Waals surface area contributed by atoms with Crippen LogP contribution in [0.1, 0.15) is 20.1 Å². The van der Waals surface area contributed by atoms with Gasteiger partial charge in [-0.2, -0.15) is 0 Å². The van der Waals surface area contributed by atoms with Gasteiger partial charge in [-0.05, 0) is 46.7 Å². The minimum atomic E-state index is -0.136. The number of carbonyl (C=O) groups is 2. The number of anilines is 2. The lowest BCUT2D eigenvalue weighted by Crippen LogP contribution is -2.35. The quantitative estimate of drug-likeness (QED) is 0.492. The summed E-state index contributed by atoms with van der Waals surface area (Å²) in [4.78, 5) is 31.0. The number of methoxy groups -OCH3 is 1. The summed E-state index contributed by atoms with van der Waals surface area (Å²) in [5, 5.41) is 6.81. The zero-order valence-electron chi connectivity index (χ0n) is 18.0. The fourth-order valence-electron chi connectivity index (χ4n) is 3.20. The van der Waals surface area contributed by atoms with Crippen LogP contribution in [0.5, 0.6) is 0 Å². The van der Waals surface area contributed by atoms with Crippen molar-refractivity contribution in [2.24, 2.45) is 0 Å². The average molecular weight is 458 g/mol. The van der Waals surface area contributed by atoms with Gasteiger partial charge in [-0.3, -0.25) is 9.59 Å². The molecule has 31 heavy (non-hydrogen) atoms. The molecule has 6 nitrogen and oxygen atoms in total. The molecule has 2 heterocycles. The lowest BCUT2D eigenvalue weighted by molar-refractivity contribution is -0.131. The van der Waals surface area contributed by atoms with Crippen LogP contribution in [0, 0.1) is 0 Å². The van der Waals surface area contributed by atoms with Gasteiger partial charge in [0, 0.05) is 50.5 Å². The summed E-state index contributed by atoms with van der Waals surface area (Å²) in [5.74, 6) is -0.0826. The van der Waals surface area contributed by atoms with Gasteiger partial charge in [0.05, 0.1) is 17.9 Å². The van der Waals surface area contributed by atoms with E-state index in [9.17, 15) is 9.59 Å². The first-order chi connectivity index (χ1) is 15.0. The van der Waals surface area contributed by atoms with Gasteiger partial charge >= 0.3 is 0 Å². The molecule has 0 unspecified atom stereocenters. The lowest BCUT2D eigenvalue weighted by atomic mass is 10.1. The van der Waals surface area contributed by atoms with E-state index in [-0.39, 0.29) is 11.8 Å². The van der Waals surface area contributed by atoms with Gasteiger partial charge in [-0.15, -0.1) is 22.7 Å². The summed E-state index contributed by atoms with van der Waals surface area (Å²) in [6, 6.07) is 13.4. The van der Waals surface area contributed by atoms with Crippen molar-refractivity contribution in [2.75, 3.05) is 44.6 Å². The maximum Gasteiger partial charge on any atom is 0.265 e. The van der Waals surface area contributed by atoms with E-state index in [1.54, 1.807) is 24.5 Å². The standard InChI is InChI=1S/C23H27N3O3S2/c1-25(2)20-9-8-18(24-23(28)21-7-5-13-31-21)14-17(20)16-26(10-11-29-3)22(27)15-19-6-4-12-30-19/h4-9,12-14H,10-11,15-16H2,1-3H3,(H,24,28). The first-order valence-electron chi connectivity index (χ1n) is 9.92. The topological polar surface area (TPSA) is 61.9 Å². The summed E-state index contributed by atoms with van der Waals surface area (Å²) in [5.41, 5.74) is 2.67. The minimum absolute atomic E-state index is 0.0530. The summed E-state index contributed by atoms with van der Waals surface area (Å²) >= 11 is 2.98. The fourth-order valence-corrected chi connectivity index (χ4v) is 4.51. The number of rotatable bonds is 10. The Kier molecular flexibility index (Phi) is 8.22. The second kappa shape index (κ2) is 11.1. The van der Waals surface area contributed by atoms with Crippen molar-refractivity contribution < 1.29 is 14.3 Å². The van der Waals surface area contributed by atoms with Gasteiger partial charge in [0.2, 0.25) is 5.91 Å². The number of hydrogen-bond donors (Lipinski definition) is 1. The van der Waals surface area contributed by atoms with Crippen molar-refractivity contribution in [1.82, 2.24) is 4.90 Å². The normalized spacial score (nSPS) is 10.7. The van der Waals surface area contributed by atoms with Gasteiger partial charge in [-0.1, -0.05) is 12.1 Å². The average Bonchev–Trinajstić information content (AvgIpc) is 3.45. The molecule has 3 rings (SSSR count). The van der Waals surface area contributed by atoms with Crippen molar-refractivity contribution in [3.63, 3.8) is 0 Å². The number of hydrogen-bond acceptors (Lipinski definition) is 6. The molecular formula is C23H27N3O3S2. The number of nitrogens with one attached hydrogen (secondary N) is 1. The Morgan fingerprint density at radius 2 is 1.84 bits per heavy atom. The van der Waals surface area contributed by atoms with E-state index in [1.165, 1.54) is 11.3 Å². The van der Waals surface area contributed by atoms with Gasteiger partial charge in [-0.25, -0.2) is 0 Å². The zero-order valence-corrected chi connectivity index (χ0v) is 19.6. The molecule has 1 aromatic carbocycles. The maximum atomic E-state index is 13.0. The van der Waals surface area contributed by atoms with Crippen molar-refractivity contribution in [3.8, 4) is 0 Å². The van der Waals surface area contributed by atoms with Gasteiger partial charge in [0.15, 0.2) is 0 Å². The number of benzene rings is 1. The van der Waals surface area contributed by atoms with Crippen molar-refractivity contribution in [2.45, 2.75) is 13.0 Å². The highest BCUT2D eigenvalue weighted by atomic mass is 32.1. The Bertz CT molecular complexity index is 986. The van der Waals surface area contributed by atoms with Gasteiger partial charge in [0.1, 0.15) is 0 Å². The first-order valence-corrected chi connectivity index (χ1v) is 11.7. The SMILES string of the molecule is COCCN(Cc1cc(NC(=O)c2cccs2)ccc1N(C)C)C(=O)Cc1cccs1. The molecule has 0 aliphatic heterocycles. The summed E-state index contributed by atoms with van der Waals surface area (Å²) in [6.07, 6.45) is 0.369. The third-order valence-electron chi connectivity index (χ3n) is 4.75. The first kappa shape index (κ1) is 23.0. The molecule has 8 heteroatoms. The molecule has 164 valence electrons. The molecule has 0 bridgehead atoms. The fraction of sp³-hybridized carbons (Fsp3) is 0.304. The van der Waals surface area contributed by atoms with E-state index in [1.807, 2.05) is 71.1 Å². The van der Waals surface area contributed by atoms with E-state index in [0.29, 0.717) is 36.7 Å². The molecule has 0 aliphatic rings. The van der Waals surface area contributed by atoms with Crippen LogP contribution in [-0.4, -0.2) is 51.1 Å². The smallest absolute Gasteiger partial charge is 0.265 e.